The summed E-state index contributed by atoms with van der Waals surface area (Å²) in [6.07, 6.45) is 0. The molecule has 2 rings (SSSR count). The number of rotatable bonds is 6. The first kappa shape index (κ1) is 15.4. The number of carbonyl (C=O) groups is 1. The molecule has 0 unspecified atom stereocenters. The van der Waals surface area contributed by atoms with E-state index < -0.39 is 0 Å². The standard InChI is InChI=1S/C17H18O3S/c1-19-16-9-8-14(17(18)20-2)10-15(16)12-21-11-13-6-4-3-5-7-13/h3-10H,11-12H2,1-2H3. The van der Waals surface area contributed by atoms with Crippen molar-refractivity contribution in [1.82, 2.24) is 0 Å². The molecule has 110 valence electrons. The molecule has 0 bridgehead atoms. The normalized spacial score (nSPS) is 10.2. The average molecular weight is 302 g/mol. The van der Waals surface area contributed by atoms with Crippen LogP contribution in [0.3, 0.4) is 0 Å². The van der Waals surface area contributed by atoms with Crippen molar-refractivity contribution in [1.29, 1.82) is 0 Å². The summed E-state index contributed by atoms with van der Waals surface area (Å²) in [4.78, 5) is 11.6. The van der Waals surface area contributed by atoms with Crippen LogP contribution in [0.1, 0.15) is 21.5 Å². The maximum atomic E-state index is 11.6. The molecule has 0 aromatic heterocycles. The highest BCUT2D eigenvalue weighted by Gasteiger charge is 2.10. The minimum Gasteiger partial charge on any atom is -0.496 e. The number of thioether (sulfide) groups is 1. The molecule has 4 heteroatoms. The van der Waals surface area contributed by atoms with E-state index in [1.807, 2.05) is 30.3 Å². The first-order valence-electron chi connectivity index (χ1n) is 6.61. The zero-order valence-corrected chi connectivity index (χ0v) is 13.0. The Bertz CT molecular complexity index is 596. The van der Waals surface area contributed by atoms with Crippen LogP contribution in [0.25, 0.3) is 0 Å². The van der Waals surface area contributed by atoms with Gasteiger partial charge in [-0.3, -0.25) is 0 Å². The van der Waals surface area contributed by atoms with Gasteiger partial charge in [-0.15, -0.1) is 0 Å². The summed E-state index contributed by atoms with van der Waals surface area (Å²) in [7, 11) is 3.02. The van der Waals surface area contributed by atoms with Crippen molar-refractivity contribution in [2.75, 3.05) is 14.2 Å². The highest BCUT2D eigenvalue weighted by molar-refractivity contribution is 7.97. The Balaban J connectivity index is 2.05. The number of esters is 1. The number of methoxy groups -OCH3 is 2. The molecule has 0 atom stereocenters. The van der Waals surface area contributed by atoms with E-state index in [-0.39, 0.29) is 5.97 Å². The van der Waals surface area contributed by atoms with Gasteiger partial charge < -0.3 is 9.47 Å². The second-order valence-corrected chi connectivity index (χ2v) is 5.48. The summed E-state index contributed by atoms with van der Waals surface area (Å²) in [6.45, 7) is 0. The van der Waals surface area contributed by atoms with Crippen molar-refractivity contribution < 1.29 is 14.3 Å². The fourth-order valence-corrected chi connectivity index (χ4v) is 2.96. The van der Waals surface area contributed by atoms with Gasteiger partial charge in [0.05, 0.1) is 19.8 Å². The minimum absolute atomic E-state index is 0.327. The predicted octanol–water partition coefficient (Wildman–Crippen LogP) is 3.92. The predicted molar refractivity (Wildman–Crippen MR) is 85.8 cm³/mol. The van der Waals surface area contributed by atoms with E-state index in [1.54, 1.807) is 24.9 Å². The summed E-state index contributed by atoms with van der Waals surface area (Å²) in [5, 5.41) is 0. The molecule has 3 nitrogen and oxygen atoms in total. The van der Waals surface area contributed by atoms with Crippen molar-refractivity contribution in [2.24, 2.45) is 0 Å². The van der Waals surface area contributed by atoms with Crippen LogP contribution in [-0.2, 0) is 16.2 Å². The third-order valence-electron chi connectivity index (χ3n) is 3.07. The van der Waals surface area contributed by atoms with Gasteiger partial charge in [0.25, 0.3) is 0 Å². The van der Waals surface area contributed by atoms with E-state index in [4.69, 9.17) is 9.47 Å². The Kier molecular flexibility index (Phi) is 5.69. The van der Waals surface area contributed by atoms with Gasteiger partial charge in [0.15, 0.2) is 0 Å². The quantitative estimate of drug-likeness (QED) is 0.758. The van der Waals surface area contributed by atoms with Gasteiger partial charge in [0.2, 0.25) is 0 Å². The molecular formula is C17H18O3S. The van der Waals surface area contributed by atoms with Crippen LogP contribution in [0.5, 0.6) is 5.75 Å². The number of benzene rings is 2. The zero-order chi connectivity index (χ0) is 15.1. The second-order valence-electron chi connectivity index (χ2n) is 4.50. The molecule has 2 aromatic rings. The smallest absolute Gasteiger partial charge is 0.337 e. The molecule has 21 heavy (non-hydrogen) atoms. The van der Waals surface area contributed by atoms with Gasteiger partial charge in [-0.1, -0.05) is 30.3 Å². The molecule has 0 spiro atoms. The Labute approximate surface area is 129 Å². The molecule has 0 N–H and O–H groups in total. The largest absolute Gasteiger partial charge is 0.496 e. The van der Waals surface area contributed by atoms with Crippen molar-refractivity contribution >= 4 is 17.7 Å². The van der Waals surface area contributed by atoms with Gasteiger partial charge in [-0.05, 0) is 23.8 Å². The SMILES string of the molecule is COC(=O)c1ccc(OC)c(CSCc2ccccc2)c1. The molecule has 0 radical (unpaired) electrons. The van der Waals surface area contributed by atoms with Crippen LogP contribution in [-0.4, -0.2) is 20.2 Å². The second kappa shape index (κ2) is 7.74. The molecule has 0 amide bonds. The van der Waals surface area contributed by atoms with Gasteiger partial charge in [-0.2, -0.15) is 11.8 Å². The molecule has 0 heterocycles. The van der Waals surface area contributed by atoms with E-state index in [9.17, 15) is 4.79 Å². The maximum absolute atomic E-state index is 11.6. The third-order valence-corrected chi connectivity index (χ3v) is 4.12. The van der Waals surface area contributed by atoms with Crippen LogP contribution < -0.4 is 4.74 Å². The fraction of sp³-hybridized carbons (Fsp3) is 0.235. The lowest BCUT2D eigenvalue weighted by Gasteiger charge is -2.10. The molecule has 0 aliphatic rings. The van der Waals surface area contributed by atoms with E-state index >= 15 is 0 Å². The van der Waals surface area contributed by atoms with Crippen molar-refractivity contribution in [3.8, 4) is 5.75 Å². The number of carbonyl (C=O) groups excluding carboxylic acids is 1. The third kappa shape index (κ3) is 4.26. The van der Waals surface area contributed by atoms with Gasteiger partial charge >= 0.3 is 5.97 Å². The van der Waals surface area contributed by atoms with Crippen LogP contribution in [0, 0.1) is 0 Å². The van der Waals surface area contributed by atoms with E-state index in [1.165, 1.54) is 12.7 Å². The first-order chi connectivity index (χ1) is 10.2. The fourth-order valence-electron chi connectivity index (χ4n) is 1.99. The highest BCUT2D eigenvalue weighted by Crippen LogP contribution is 2.26. The first-order valence-corrected chi connectivity index (χ1v) is 7.77. The highest BCUT2D eigenvalue weighted by atomic mass is 32.2. The lowest BCUT2D eigenvalue weighted by Crippen LogP contribution is -2.02. The number of ether oxygens (including phenoxy) is 2. The Morgan fingerprint density at radius 2 is 1.81 bits per heavy atom. The Morgan fingerprint density at radius 3 is 2.48 bits per heavy atom. The van der Waals surface area contributed by atoms with E-state index in [2.05, 4.69) is 12.1 Å². The lowest BCUT2D eigenvalue weighted by molar-refractivity contribution is 0.0600. The molecule has 0 saturated heterocycles. The van der Waals surface area contributed by atoms with Crippen LogP contribution in [0.15, 0.2) is 48.5 Å². The minimum atomic E-state index is -0.327. The number of hydrogen-bond acceptors (Lipinski definition) is 4. The molecule has 0 fully saturated rings. The van der Waals surface area contributed by atoms with E-state index in [0.717, 1.165) is 22.8 Å². The van der Waals surface area contributed by atoms with Crippen molar-refractivity contribution in [3.05, 3.63) is 65.2 Å². The van der Waals surface area contributed by atoms with E-state index in [0.29, 0.717) is 5.56 Å². The topological polar surface area (TPSA) is 35.5 Å². The molecular weight excluding hydrogens is 284 g/mol. The zero-order valence-electron chi connectivity index (χ0n) is 12.2. The molecule has 0 aliphatic heterocycles. The molecule has 2 aromatic carbocycles. The molecule has 0 aliphatic carbocycles. The monoisotopic (exact) mass is 302 g/mol. The summed E-state index contributed by atoms with van der Waals surface area (Å²) in [5.74, 6) is 2.17. The van der Waals surface area contributed by atoms with Crippen LogP contribution >= 0.6 is 11.8 Å². The lowest BCUT2D eigenvalue weighted by atomic mass is 10.1. The van der Waals surface area contributed by atoms with Crippen LogP contribution in [0.2, 0.25) is 0 Å². The van der Waals surface area contributed by atoms with Crippen LogP contribution in [0.4, 0.5) is 0 Å². The van der Waals surface area contributed by atoms with Crippen molar-refractivity contribution in [3.63, 3.8) is 0 Å². The molecule has 0 saturated carbocycles. The summed E-state index contributed by atoms with van der Waals surface area (Å²) in [5.41, 5.74) is 2.83. The summed E-state index contributed by atoms with van der Waals surface area (Å²) >= 11 is 1.78. The summed E-state index contributed by atoms with van der Waals surface area (Å²) in [6, 6.07) is 15.7. The van der Waals surface area contributed by atoms with Gasteiger partial charge in [-0.25, -0.2) is 4.79 Å². The van der Waals surface area contributed by atoms with Gasteiger partial charge in [0, 0.05) is 17.1 Å². The average Bonchev–Trinajstić information content (AvgIpc) is 2.55. The maximum Gasteiger partial charge on any atom is 0.337 e. The Hall–Kier alpha value is -1.94. The summed E-state index contributed by atoms with van der Waals surface area (Å²) < 4.78 is 10.1. The van der Waals surface area contributed by atoms with Gasteiger partial charge in [0.1, 0.15) is 5.75 Å². The Morgan fingerprint density at radius 1 is 1.05 bits per heavy atom. The van der Waals surface area contributed by atoms with Crippen molar-refractivity contribution in [2.45, 2.75) is 11.5 Å². The number of hydrogen-bond donors (Lipinski definition) is 0.